The van der Waals surface area contributed by atoms with Gasteiger partial charge in [-0.2, -0.15) is 0 Å². The lowest BCUT2D eigenvalue weighted by Crippen LogP contribution is -2.23. The Balaban J connectivity index is 1.98. The number of benzene rings is 1. The first-order valence-electron chi connectivity index (χ1n) is 7.41. The van der Waals surface area contributed by atoms with Gasteiger partial charge in [0.2, 0.25) is 0 Å². The van der Waals surface area contributed by atoms with Gasteiger partial charge in [-0.05, 0) is 36.8 Å². The quantitative estimate of drug-likeness (QED) is 0.609. The lowest BCUT2D eigenvalue weighted by molar-refractivity contribution is 0.0950. The summed E-state index contributed by atoms with van der Waals surface area (Å²) in [6.07, 6.45) is 3.70. The number of carbonyl (C=O) groups excluding carboxylic acids is 1. The molecule has 0 aliphatic heterocycles. The van der Waals surface area contributed by atoms with E-state index in [0.29, 0.717) is 30.2 Å². The fourth-order valence-electron chi connectivity index (χ4n) is 1.90. The van der Waals surface area contributed by atoms with Crippen LogP contribution in [0.15, 0.2) is 42.6 Å². The normalized spacial score (nSPS) is 10.2. The van der Waals surface area contributed by atoms with Crippen LogP contribution in [0.25, 0.3) is 0 Å². The van der Waals surface area contributed by atoms with Crippen LogP contribution in [0.1, 0.15) is 35.8 Å². The average molecular weight is 299 g/mol. The van der Waals surface area contributed by atoms with Crippen molar-refractivity contribution in [2.24, 2.45) is 0 Å². The predicted molar refractivity (Wildman–Crippen MR) is 86.7 cm³/mol. The summed E-state index contributed by atoms with van der Waals surface area (Å²) in [7, 11) is 0. The molecule has 5 heteroatoms. The molecule has 0 saturated heterocycles. The maximum absolute atomic E-state index is 12.2. The van der Waals surface area contributed by atoms with Crippen LogP contribution in [0.3, 0.4) is 0 Å². The van der Waals surface area contributed by atoms with Gasteiger partial charge in [0.05, 0.1) is 24.5 Å². The van der Waals surface area contributed by atoms with Gasteiger partial charge < -0.3 is 15.8 Å². The van der Waals surface area contributed by atoms with Gasteiger partial charge in [0.1, 0.15) is 5.75 Å². The zero-order valence-corrected chi connectivity index (χ0v) is 12.7. The minimum atomic E-state index is -0.175. The van der Waals surface area contributed by atoms with E-state index in [1.807, 2.05) is 18.2 Å². The second-order valence-electron chi connectivity index (χ2n) is 4.96. The molecule has 22 heavy (non-hydrogen) atoms. The Labute approximate surface area is 130 Å². The van der Waals surface area contributed by atoms with Crippen LogP contribution in [0.4, 0.5) is 5.69 Å². The van der Waals surface area contributed by atoms with Gasteiger partial charge >= 0.3 is 0 Å². The maximum Gasteiger partial charge on any atom is 0.251 e. The summed E-state index contributed by atoms with van der Waals surface area (Å²) in [5.74, 6) is 0.380. The van der Waals surface area contributed by atoms with Crippen LogP contribution in [0, 0.1) is 0 Å². The number of rotatable bonds is 7. The van der Waals surface area contributed by atoms with Crippen LogP contribution < -0.4 is 15.8 Å². The highest BCUT2D eigenvalue weighted by Crippen LogP contribution is 2.23. The van der Waals surface area contributed by atoms with Gasteiger partial charge in [0.25, 0.3) is 5.91 Å². The van der Waals surface area contributed by atoms with Crippen LogP contribution in [-0.2, 0) is 6.54 Å². The molecule has 2 rings (SSSR count). The third kappa shape index (κ3) is 4.48. The molecule has 0 aliphatic carbocycles. The van der Waals surface area contributed by atoms with E-state index in [4.69, 9.17) is 10.5 Å². The summed E-state index contributed by atoms with van der Waals surface area (Å²) < 4.78 is 5.61. The van der Waals surface area contributed by atoms with Gasteiger partial charge in [-0.25, -0.2) is 0 Å². The van der Waals surface area contributed by atoms with E-state index in [1.54, 1.807) is 24.4 Å². The number of hydrogen-bond acceptors (Lipinski definition) is 4. The van der Waals surface area contributed by atoms with Crippen LogP contribution >= 0.6 is 0 Å². The van der Waals surface area contributed by atoms with Gasteiger partial charge in [-0.15, -0.1) is 0 Å². The monoisotopic (exact) mass is 299 g/mol. The van der Waals surface area contributed by atoms with Crippen molar-refractivity contribution in [3.05, 3.63) is 53.9 Å². The Kier molecular flexibility index (Phi) is 5.77. The number of ether oxygens (including phenoxy) is 1. The van der Waals surface area contributed by atoms with Gasteiger partial charge in [-0.3, -0.25) is 9.78 Å². The first kappa shape index (κ1) is 15.8. The Morgan fingerprint density at radius 3 is 2.91 bits per heavy atom. The highest BCUT2D eigenvalue weighted by Gasteiger charge is 2.09. The Morgan fingerprint density at radius 1 is 1.32 bits per heavy atom. The highest BCUT2D eigenvalue weighted by molar-refractivity contribution is 5.95. The van der Waals surface area contributed by atoms with E-state index in [1.165, 1.54) is 0 Å². The number of hydrogen-bond donors (Lipinski definition) is 2. The number of unbranched alkanes of at least 4 members (excludes halogenated alkanes) is 1. The zero-order valence-electron chi connectivity index (χ0n) is 12.7. The van der Waals surface area contributed by atoms with Crippen LogP contribution in [-0.4, -0.2) is 17.5 Å². The van der Waals surface area contributed by atoms with Crippen molar-refractivity contribution >= 4 is 11.6 Å². The molecule has 0 spiro atoms. The predicted octanol–water partition coefficient (Wildman–Crippen LogP) is 2.77. The molecule has 0 unspecified atom stereocenters. The summed E-state index contributed by atoms with van der Waals surface area (Å²) in [4.78, 5) is 16.3. The number of amides is 1. The molecule has 0 saturated carbocycles. The highest BCUT2D eigenvalue weighted by atomic mass is 16.5. The maximum atomic E-state index is 12.2. The fraction of sp³-hybridized carbons (Fsp3) is 0.294. The topological polar surface area (TPSA) is 77.2 Å². The SMILES string of the molecule is CCCCOc1cc(C(=O)NCc2ccccn2)ccc1N. The molecule has 1 amide bonds. The Hall–Kier alpha value is -2.56. The minimum absolute atomic E-state index is 0.175. The van der Waals surface area contributed by atoms with E-state index >= 15 is 0 Å². The molecule has 5 nitrogen and oxygen atoms in total. The molecule has 3 N–H and O–H groups in total. The lowest BCUT2D eigenvalue weighted by atomic mass is 10.1. The molecule has 0 radical (unpaired) electrons. The largest absolute Gasteiger partial charge is 0.491 e. The number of nitrogens with one attached hydrogen (secondary N) is 1. The molecule has 0 atom stereocenters. The van der Waals surface area contributed by atoms with Gasteiger partial charge in [0.15, 0.2) is 0 Å². The number of nitrogen functional groups attached to an aromatic ring is 1. The number of carbonyl (C=O) groups is 1. The number of nitrogens with zero attached hydrogens (tertiary/aromatic N) is 1. The molecule has 0 bridgehead atoms. The van der Waals surface area contributed by atoms with E-state index in [2.05, 4.69) is 17.2 Å². The second kappa shape index (κ2) is 8.02. The van der Waals surface area contributed by atoms with E-state index in [0.717, 1.165) is 18.5 Å². The van der Waals surface area contributed by atoms with Crippen molar-refractivity contribution in [1.82, 2.24) is 10.3 Å². The van der Waals surface area contributed by atoms with Gasteiger partial charge in [0, 0.05) is 11.8 Å². The summed E-state index contributed by atoms with van der Waals surface area (Å²) >= 11 is 0. The third-order valence-corrected chi connectivity index (χ3v) is 3.19. The van der Waals surface area contributed by atoms with Crippen LogP contribution in [0.5, 0.6) is 5.75 Å². The number of anilines is 1. The smallest absolute Gasteiger partial charge is 0.251 e. The summed E-state index contributed by atoms with van der Waals surface area (Å²) in [5.41, 5.74) is 7.74. The van der Waals surface area contributed by atoms with Crippen molar-refractivity contribution in [3.63, 3.8) is 0 Å². The molecule has 1 aromatic heterocycles. The standard InChI is InChI=1S/C17H21N3O2/c1-2-3-10-22-16-11-13(7-8-15(16)18)17(21)20-12-14-6-4-5-9-19-14/h4-9,11H,2-3,10,12,18H2,1H3,(H,20,21). The molecule has 2 aromatic rings. The molecular formula is C17H21N3O2. The molecular weight excluding hydrogens is 278 g/mol. The van der Waals surface area contributed by atoms with Crippen molar-refractivity contribution < 1.29 is 9.53 Å². The first-order chi connectivity index (χ1) is 10.7. The fourth-order valence-corrected chi connectivity index (χ4v) is 1.90. The summed E-state index contributed by atoms with van der Waals surface area (Å²) in [5, 5.41) is 2.83. The Bertz CT molecular complexity index is 615. The van der Waals surface area contributed by atoms with Crippen molar-refractivity contribution in [2.75, 3.05) is 12.3 Å². The van der Waals surface area contributed by atoms with E-state index < -0.39 is 0 Å². The molecule has 0 fully saturated rings. The number of aromatic nitrogens is 1. The lowest BCUT2D eigenvalue weighted by Gasteiger charge is -2.10. The third-order valence-electron chi connectivity index (χ3n) is 3.19. The van der Waals surface area contributed by atoms with Crippen LogP contribution in [0.2, 0.25) is 0 Å². The van der Waals surface area contributed by atoms with Gasteiger partial charge in [-0.1, -0.05) is 19.4 Å². The number of nitrogens with two attached hydrogens (primary N) is 1. The second-order valence-corrected chi connectivity index (χ2v) is 4.96. The van der Waals surface area contributed by atoms with Crippen molar-refractivity contribution in [1.29, 1.82) is 0 Å². The average Bonchev–Trinajstić information content (AvgIpc) is 2.55. The minimum Gasteiger partial charge on any atom is -0.491 e. The van der Waals surface area contributed by atoms with E-state index in [9.17, 15) is 4.79 Å². The van der Waals surface area contributed by atoms with E-state index in [-0.39, 0.29) is 5.91 Å². The molecule has 1 aromatic carbocycles. The Morgan fingerprint density at radius 2 is 2.18 bits per heavy atom. The molecule has 1 heterocycles. The zero-order chi connectivity index (χ0) is 15.8. The first-order valence-corrected chi connectivity index (χ1v) is 7.41. The molecule has 116 valence electrons. The summed E-state index contributed by atoms with van der Waals surface area (Å²) in [6, 6.07) is 10.6. The number of pyridine rings is 1. The van der Waals surface area contributed by atoms with Crippen molar-refractivity contribution in [3.8, 4) is 5.75 Å². The van der Waals surface area contributed by atoms with Crippen molar-refractivity contribution in [2.45, 2.75) is 26.3 Å². The summed E-state index contributed by atoms with van der Waals surface area (Å²) in [6.45, 7) is 3.07. The molecule has 0 aliphatic rings.